The van der Waals surface area contributed by atoms with Crippen LogP contribution in [0.2, 0.25) is 0 Å². The Morgan fingerprint density at radius 3 is 1.96 bits per heavy atom. The highest BCUT2D eigenvalue weighted by Gasteiger charge is 2.19. The summed E-state index contributed by atoms with van der Waals surface area (Å²) in [5, 5.41) is 32.6. The van der Waals surface area contributed by atoms with Gasteiger partial charge in [0.25, 0.3) is 11.4 Å². The maximum atomic E-state index is 11.3. The lowest BCUT2D eigenvalue weighted by molar-refractivity contribution is -0.384. The minimum absolute atomic E-state index is 0.0871. The average molecular weight is 381 g/mol. The van der Waals surface area contributed by atoms with E-state index in [1.807, 2.05) is 0 Å². The predicted octanol–water partition coefficient (Wildman–Crippen LogP) is 1.67. The normalized spacial score (nSPS) is 11.0. The Labute approximate surface area is 148 Å². The fraction of sp³-hybridized carbons (Fsp3) is 0.143. The number of para-hydroxylation sites is 2. The van der Waals surface area contributed by atoms with Crippen molar-refractivity contribution in [3.63, 3.8) is 0 Å². The first-order chi connectivity index (χ1) is 12.2. The molecule has 0 aliphatic heterocycles. The van der Waals surface area contributed by atoms with Crippen LogP contribution in [0.1, 0.15) is 0 Å². The largest absolute Gasteiger partial charge is 0.378 e. The number of anilines is 2. The van der Waals surface area contributed by atoms with E-state index in [1.165, 1.54) is 18.2 Å². The summed E-state index contributed by atoms with van der Waals surface area (Å²) in [7, 11) is -4.06. The van der Waals surface area contributed by atoms with E-state index in [9.17, 15) is 28.6 Å². The molecule has 0 amide bonds. The second-order valence-corrected chi connectivity index (χ2v) is 6.67. The van der Waals surface area contributed by atoms with E-state index in [-0.39, 0.29) is 29.4 Å². The molecule has 0 aliphatic carbocycles. The third-order valence-electron chi connectivity index (χ3n) is 3.35. The van der Waals surface area contributed by atoms with Crippen molar-refractivity contribution in [1.82, 2.24) is 0 Å². The second kappa shape index (κ2) is 7.76. The minimum Gasteiger partial charge on any atom is -0.378 e. The summed E-state index contributed by atoms with van der Waals surface area (Å²) >= 11 is 0. The summed E-state index contributed by atoms with van der Waals surface area (Å²) in [6.07, 6.45) is 0. The predicted molar refractivity (Wildman–Crippen MR) is 94.5 cm³/mol. The Hall–Kier alpha value is -3.25. The Balaban J connectivity index is 2.06. The summed E-state index contributed by atoms with van der Waals surface area (Å²) in [5.41, 5.74) is -0.108. The number of nitrogens with two attached hydrogens (primary N) is 1. The van der Waals surface area contributed by atoms with Crippen molar-refractivity contribution < 1.29 is 18.3 Å². The molecule has 0 saturated heterocycles. The number of nitro groups is 2. The van der Waals surface area contributed by atoms with Crippen LogP contribution >= 0.6 is 0 Å². The molecular weight excluding hydrogens is 366 g/mol. The highest BCUT2D eigenvalue weighted by atomic mass is 32.2. The van der Waals surface area contributed by atoms with E-state index in [0.717, 1.165) is 12.1 Å². The SMILES string of the molecule is NS(=O)(=O)c1ccc(NCCNc2ccccc2[N+](=O)[O-])c([N+](=O)[O-])c1. The van der Waals surface area contributed by atoms with Crippen LogP contribution in [-0.4, -0.2) is 31.4 Å². The van der Waals surface area contributed by atoms with Gasteiger partial charge in [0.15, 0.2) is 0 Å². The fourth-order valence-corrected chi connectivity index (χ4v) is 2.70. The molecule has 12 heteroatoms. The van der Waals surface area contributed by atoms with Crippen LogP contribution in [0, 0.1) is 20.2 Å². The number of hydrogen-bond acceptors (Lipinski definition) is 8. The number of nitrogens with zero attached hydrogens (tertiary/aromatic N) is 2. The maximum Gasteiger partial charge on any atom is 0.293 e. The van der Waals surface area contributed by atoms with Crippen molar-refractivity contribution in [2.45, 2.75) is 4.90 Å². The molecule has 0 saturated carbocycles. The molecule has 0 unspecified atom stereocenters. The highest BCUT2D eigenvalue weighted by molar-refractivity contribution is 7.89. The summed E-state index contributed by atoms with van der Waals surface area (Å²) < 4.78 is 22.6. The third kappa shape index (κ3) is 4.64. The molecule has 0 aromatic heterocycles. The summed E-state index contributed by atoms with van der Waals surface area (Å²) in [4.78, 5) is 20.4. The topological polar surface area (TPSA) is 170 Å². The van der Waals surface area contributed by atoms with Gasteiger partial charge in [0.05, 0.1) is 14.7 Å². The van der Waals surface area contributed by atoms with Crippen LogP contribution in [0.25, 0.3) is 0 Å². The van der Waals surface area contributed by atoms with Gasteiger partial charge in [-0.2, -0.15) is 0 Å². The smallest absolute Gasteiger partial charge is 0.293 e. The van der Waals surface area contributed by atoms with Gasteiger partial charge in [0.2, 0.25) is 10.0 Å². The van der Waals surface area contributed by atoms with Gasteiger partial charge < -0.3 is 10.6 Å². The number of sulfonamides is 1. The highest BCUT2D eigenvalue weighted by Crippen LogP contribution is 2.27. The van der Waals surface area contributed by atoms with Gasteiger partial charge in [-0.1, -0.05) is 12.1 Å². The molecule has 0 spiro atoms. The third-order valence-corrected chi connectivity index (χ3v) is 4.26. The van der Waals surface area contributed by atoms with E-state index in [2.05, 4.69) is 10.6 Å². The van der Waals surface area contributed by atoms with Crippen LogP contribution < -0.4 is 15.8 Å². The molecule has 138 valence electrons. The minimum atomic E-state index is -4.06. The number of nitrogens with one attached hydrogen (secondary N) is 2. The first kappa shape index (κ1) is 19.1. The summed E-state index contributed by atoms with van der Waals surface area (Å²) in [6, 6.07) is 9.34. The first-order valence-corrected chi connectivity index (χ1v) is 8.77. The molecule has 0 atom stereocenters. The summed E-state index contributed by atoms with van der Waals surface area (Å²) in [5.74, 6) is 0. The molecule has 0 bridgehead atoms. The second-order valence-electron chi connectivity index (χ2n) is 5.11. The molecular formula is C14H15N5O6S. The zero-order valence-electron chi connectivity index (χ0n) is 13.3. The fourth-order valence-electron chi connectivity index (χ4n) is 2.17. The molecule has 0 aliphatic rings. The first-order valence-electron chi connectivity index (χ1n) is 7.22. The van der Waals surface area contributed by atoms with Crippen molar-refractivity contribution >= 4 is 32.8 Å². The van der Waals surface area contributed by atoms with Crippen molar-refractivity contribution in [1.29, 1.82) is 0 Å². The monoisotopic (exact) mass is 381 g/mol. The molecule has 0 heterocycles. The van der Waals surface area contributed by atoms with Crippen molar-refractivity contribution in [2.75, 3.05) is 23.7 Å². The lowest BCUT2D eigenvalue weighted by Gasteiger charge is -2.10. The number of hydrogen-bond donors (Lipinski definition) is 3. The van der Waals surface area contributed by atoms with Gasteiger partial charge in [-0.15, -0.1) is 0 Å². The number of nitro benzene ring substituents is 2. The maximum absolute atomic E-state index is 11.3. The van der Waals surface area contributed by atoms with Crippen molar-refractivity contribution in [3.8, 4) is 0 Å². The van der Waals surface area contributed by atoms with E-state index < -0.39 is 25.6 Å². The van der Waals surface area contributed by atoms with Gasteiger partial charge in [-0.05, 0) is 18.2 Å². The van der Waals surface area contributed by atoms with Gasteiger partial charge in [0.1, 0.15) is 11.4 Å². The lowest BCUT2D eigenvalue weighted by Crippen LogP contribution is -2.16. The van der Waals surface area contributed by atoms with E-state index in [0.29, 0.717) is 5.69 Å². The van der Waals surface area contributed by atoms with E-state index in [1.54, 1.807) is 12.1 Å². The Morgan fingerprint density at radius 2 is 1.42 bits per heavy atom. The number of primary sulfonamides is 1. The van der Waals surface area contributed by atoms with E-state index >= 15 is 0 Å². The van der Waals surface area contributed by atoms with Gasteiger partial charge in [-0.25, -0.2) is 13.6 Å². The molecule has 2 aromatic carbocycles. The van der Waals surface area contributed by atoms with Crippen LogP contribution in [0.3, 0.4) is 0 Å². The summed E-state index contributed by atoms with van der Waals surface area (Å²) in [6.45, 7) is 0.431. The van der Waals surface area contributed by atoms with Gasteiger partial charge in [0, 0.05) is 25.2 Å². The van der Waals surface area contributed by atoms with Gasteiger partial charge >= 0.3 is 0 Å². The van der Waals surface area contributed by atoms with Crippen LogP contribution in [0.15, 0.2) is 47.4 Å². The Morgan fingerprint density at radius 1 is 0.885 bits per heavy atom. The molecule has 11 nitrogen and oxygen atoms in total. The molecule has 0 fully saturated rings. The quantitative estimate of drug-likeness (QED) is 0.352. The van der Waals surface area contributed by atoms with Crippen molar-refractivity contribution in [3.05, 3.63) is 62.7 Å². The van der Waals surface area contributed by atoms with Crippen molar-refractivity contribution in [2.24, 2.45) is 5.14 Å². The zero-order valence-corrected chi connectivity index (χ0v) is 14.1. The van der Waals surface area contributed by atoms with E-state index in [4.69, 9.17) is 5.14 Å². The average Bonchev–Trinajstić information content (AvgIpc) is 2.58. The van der Waals surface area contributed by atoms with Crippen LogP contribution in [0.4, 0.5) is 22.7 Å². The molecule has 2 rings (SSSR count). The Kier molecular flexibility index (Phi) is 5.69. The van der Waals surface area contributed by atoms with Gasteiger partial charge in [-0.3, -0.25) is 20.2 Å². The zero-order chi connectivity index (χ0) is 19.3. The van der Waals surface area contributed by atoms with Crippen LogP contribution in [0.5, 0.6) is 0 Å². The molecule has 2 aromatic rings. The molecule has 4 N–H and O–H groups in total. The Bertz CT molecular complexity index is 947. The van der Waals surface area contributed by atoms with Crippen LogP contribution in [-0.2, 0) is 10.0 Å². The standard InChI is InChI=1S/C14H15N5O6S/c15-26(24,25)10-5-6-12(14(9-10)19(22)23)17-8-7-16-11-3-1-2-4-13(11)18(20)21/h1-6,9,16-17H,7-8H2,(H2,15,24,25). The molecule has 0 radical (unpaired) electrons. The number of rotatable bonds is 8. The molecule has 26 heavy (non-hydrogen) atoms. The number of benzene rings is 2. The lowest BCUT2D eigenvalue weighted by atomic mass is 10.2.